The van der Waals surface area contributed by atoms with Crippen LogP contribution in [0, 0.1) is 20.8 Å². The topological polar surface area (TPSA) is 56.9 Å². The average Bonchev–Trinajstić information content (AvgIpc) is 3.38. The van der Waals surface area contributed by atoms with Crippen LogP contribution in [-0.4, -0.2) is 19.9 Å². The van der Waals surface area contributed by atoms with Crippen LogP contribution in [0.1, 0.15) is 44.2 Å². The molecule has 3 aromatic heterocycles. The van der Waals surface area contributed by atoms with Crippen LogP contribution in [0.5, 0.6) is 0 Å². The van der Waals surface area contributed by atoms with Gasteiger partial charge >= 0.3 is 0 Å². The first-order valence-electron chi connectivity index (χ1n) is 10.2. The number of rotatable bonds is 4. The monoisotopic (exact) mass is 417 g/mol. The Bertz CT molecular complexity index is 1360. The van der Waals surface area contributed by atoms with Crippen molar-refractivity contribution in [3.8, 4) is 5.69 Å². The van der Waals surface area contributed by atoms with Crippen molar-refractivity contribution in [2.24, 2.45) is 0 Å². The minimum Gasteiger partial charge on any atom is -0.318 e. The lowest BCUT2D eigenvalue weighted by atomic mass is 10.1. The molecule has 6 heteroatoms. The predicted octanol–water partition coefficient (Wildman–Crippen LogP) is 4.55. The molecule has 0 radical (unpaired) electrons. The van der Waals surface area contributed by atoms with E-state index in [1.54, 1.807) is 11.3 Å². The number of hydrogen-bond acceptors (Lipinski definition) is 4. The van der Waals surface area contributed by atoms with Gasteiger partial charge in [0.2, 0.25) is 0 Å². The summed E-state index contributed by atoms with van der Waals surface area (Å²) in [5.74, 6) is -0.0726. The minimum absolute atomic E-state index is 0.00455. The van der Waals surface area contributed by atoms with E-state index in [9.17, 15) is 9.59 Å². The summed E-state index contributed by atoms with van der Waals surface area (Å²) >= 11 is 1.62. The van der Waals surface area contributed by atoms with Gasteiger partial charge in [-0.3, -0.25) is 14.2 Å². The fraction of sp³-hybridized carbons (Fsp3) is 0.292. The summed E-state index contributed by atoms with van der Waals surface area (Å²) in [6.07, 6.45) is 4.57. The molecular weight excluding hydrogens is 394 g/mol. The smallest absolute Gasteiger partial charge is 0.262 e. The third-order valence-electron chi connectivity index (χ3n) is 6.03. The predicted molar refractivity (Wildman–Crippen MR) is 120 cm³/mol. The molecule has 0 bridgehead atoms. The zero-order valence-electron chi connectivity index (χ0n) is 17.4. The van der Waals surface area contributed by atoms with Crippen molar-refractivity contribution in [1.29, 1.82) is 0 Å². The van der Waals surface area contributed by atoms with Gasteiger partial charge in [-0.25, -0.2) is 4.98 Å². The molecule has 1 aliphatic rings. The molecule has 0 spiro atoms. The number of carbonyl (C=O) groups excluding carboxylic acids is 1. The Hall–Kier alpha value is -2.99. The summed E-state index contributed by atoms with van der Waals surface area (Å²) in [5, 5.41) is 0.716. The molecule has 1 aromatic carbocycles. The van der Waals surface area contributed by atoms with Crippen molar-refractivity contribution < 1.29 is 4.79 Å². The average molecular weight is 418 g/mol. The molecule has 152 valence electrons. The maximum atomic E-state index is 13.1. The Labute approximate surface area is 178 Å². The number of aryl methyl sites for hydroxylation is 4. The SMILES string of the molecule is Cc1ccc(-n2c(C)cc(C(=O)Cn3cnc4sc5c(c4c3=O)CCC5)c2C)cc1. The third-order valence-corrected chi connectivity index (χ3v) is 7.23. The molecule has 0 saturated carbocycles. The van der Waals surface area contributed by atoms with Gasteiger partial charge in [-0.15, -0.1) is 11.3 Å². The normalized spacial score (nSPS) is 13.2. The Morgan fingerprint density at radius 2 is 1.90 bits per heavy atom. The minimum atomic E-state index is -0.0971. The molecular formula is C24H23N3O2S. The van der Waals surface area contributed by atoms with Crippen LogP contribution in [0.2, 0.25) is 0 Å². The summed E-state index contributed by atoms with van der Waals surface area (Å²) in [6.45, 7) is 6.01. The molecule has 0 fully saturated rings. The van der Waals surface area contributed by atoms with Gasteiger partial charge in [0.1, 0.15) is 4.83 Å². The molecule has 0 unspecified atom stereocenters. The summed E-state index contributed by atoms with van der Waals surface area (Å²) in [6, 6.07) is 10.2. The van der Waals surface area contributed by atoms with Crippen molar-refractivity contribution in [2.75, 3.05) is 0 Å². The number of aromatic nitrogens is 3. The first kappa shape index (κ1) is 19.0. The van der Waals surface area contributed by atoms with Crippen molar-refractivity contribution in [3.05, 3.63) is 80.0 Å². The van der Waals surface area contributed by atoms with Gasteiger partial charge in [-0.1, -0.05) is 17.7 Å². The van der Waals surface area contributed by atoms with E-state index in [-0.39, 0.29) is 17.9 Å². The summed E-state index contributed by atoms with van der Waals surface area (Å²) in [5.41, 5.74) is 5.81. The van der Waals surface area contributed by atoms with E-state index in [0.29, 0.717) is 10.9 Å². The van der Waals surface area contributed by atoms with E-state index in [0.717, 1.165) is 46.7 Å². The number of benzene rings is 1. The second-order valence-electron chi connectivity index (χ2n) is 8.09. The fourth-order valence-electron chi connectivity index (χ4n) is 4.51. The number of thiophene rings is 1. The molecule has 0 aliphatic heterocycles. The molecule has 0 N–H and O–H groups in total. The van der Waals surface area contributed by atoms with Crippen molar-refractivity contribution in [1.82, 2.24) is 14.1 Å². The maximum absolute atomic E-state index is 13.1. The molecule has 5 nitrogen and oxygen atoms in total. The molecule has 0 amide bonds. The highest BCUT2D eigenvalue weighted by atomic mass is 32.1. The molecule has 0 atom stereocenters. The van der Waals surface area contributed by atoms with Crippen LogP contribution in [0.3, 0.4) is 0 Å². The van der Waals surface area contributed by atoms with Crippen molar-refractivity contribution >= 4 is 27.3 Å². The molecule has 0 saturated heterocycles. The van der Waals surface area contributed by atoms with Gasteiger partial charge in [0.15, 0.2) is 5.78 Å². The standard InChI is InChI=1S/C24H23N3O2S/c1-14-7-9-17(10-8-14)27-15(2)11-19(16(27)3)20(28)12-26-13-25-23-22(24(26)29)18-5-4-6-21(18)30-23/h7-11,13H,4-6,12H2,1-3H3. The van der Waals surface area contributed by atoms with Crippen molar-refractivity contribution in [3.63, 3.8) is 0 Å². The highest BCUT2D eigenvalue weighted by Gasteiger charge is 2.23. The zero-order chi connectivity index (χ0) is 21.0. The lowest BCUT2D eigenvalue weighted by Gasteiger charge is -2.10. The Kier molecular flexibility index (Phi) is 4.47. The van der Waals surface area contributed by atoms with E-state index in [1.165, 1.54) is 21.3 Å². The molecule has 1 aliphatic carbocycles. The number of hydrogen-bond donors (Lipinski definition) is 0. The van der Waals surface area contributed by atoms with E-state index < -0.39 is 0 Å². The lowest BCUT2D eigenvalue weighted by Crippen LogP contribution is -2.25. The second-order valence-corrected chi connectivity index (χ2v) is 9.18. The van der Waals surface area contributed by atoms with E-state index in [2.05, 4.69) is 40.7 Å². The Balaban J connectivity index is 1.51. The molecule has 3 heterocycles. The summed E-state index contributed by atoms with van der Waals surface area (Å²) < 4.78 is 3.55. The van der Waals surface area contributed by atoms with Crippen LogP contribution < -0.4 is 5.56 Å². The van der Waals surface area contributed by atoms with Gasteiger partial charge in [0.05, 0.1) is 18.3 Å². The summed E-state index contributed by atoms with van der Waals surface area (Å²) in [4.78, 5) is 32.8. The van der Waals surface area contributed by atoms with Gasteiger partial charge in [-0.05, 0) is 63.8 Å². The molecule has 30 heavy (non-hydrogen) atoms. The van der Waals surface area contributed by atoms with Crippen LogP contribution in [0.15, 0.2) is 41.5 Å². The van der Waals surface area contributed by atoms with Crippen molar-refractivity contribution in [2.45, 2.75) is 46.6 Å². The Morgan fingerprint density at radius 3 is 2.67 bits per heavy atom. The quantitative estimate of drug-likeness (QED) is 0.458. The highest BCUT2D eigenvalue weighted by Crippen LogP contribution is 2.34. The number of fused-ring (bicyclic) bond motifs is 3. The summed E-state index contributed by atoms with van der Waals surface area (Å²) in [7, 11) is 0. The molecule has 5 rings (SSSR count). The highest BCUT2D eigenvalue weighted by molar-refractivity contribution is 7.18. The number of ketones is 1. The van der Waals surface area contributed by atoms with Crippen LogP contribution in [-0.2, 0) is 19.4 Å². The number of Topliss-reactive ketones (excluding diaryl/α,β-unsaturated/α-hetero) is 1. The van der Waals surface area contributed by atoms with Gasteiger partial charge < -0.3 is 4.57 Å². The first-order chi connectivity index (χ1) is 14.4. The van der Waals surface area contributed by atoms with Gasteiger partial charge in [0.25, 0.3) is 5.56 Å². The third kappa shape index (κ3) is 2.94. The largest absolute Gasteiger partial charge is 0.318 e. The van der Waals surface area contributed by atoms with Crippen LogP contribution >= 0.6 is 11.3 Å². The number of carbonyl (C=O) groups is 1. The maximum Gasteiger partial charge on any atom is 0.262 e. The fourth-order valence-corrected chi connectivity index (χ4v) is 5.73. The van der Waals surface area contributed by atoms with E-state index in [1.807, 2.05) is 19.9 Å². The lowest BCUT2D eigenvalue weighted by molar-refractivity contribution is 0.0970. The van der Waals surface area contributed by atoms with Gasteiger partial charge in [0, 0.05) is 27.5 Å². The van der Waals surface area contributed by atoms with E-state index >= 15 is 0 Å². The van der Waals surface area contributed by atoms with Crippen LogP contribution in [0.4, 0.5) is 0 Å². The number of nitrogens with zero attached hydrogens (tertiary/aromatic N) is 3. The zero-order valence-corrected chi connectivity index (χ0v) is 18.2. The Morgan fingerprint density at radius 1 is 1.13 bits per heavy atom. The molecule has 4 aromatic rings. The second kappa shape index (κ2) is 7.06. The first-order valence-corrected chi connectivity index (χ1v) is 11.0. The van der Waals surface area contributed by atoms with Gasteiger partial charge in [-0.2, -0.15) is 0 Å². The van der Waals surface area contributed by atoms with Crippen LogP contribution in [0.25, 0.3) is 15.9 Å². The van der Waals surface area contributed by atoms with E-state index in [4.69, 9.17) is 0 Å².